The molecule has 0 fully saturated rings. The lowest BCUT2D eigenvalue weighted by molar-refractivity contribution is -0.117. The number of amides is 2. The monoisotopic (exact) mass is 444 g/mol. The molecule has 2 aromatic carbocycles. The van der Waals surface area contributed by atoms with Crippen molar-refractivity contribution < 1.29 is 28.5 Å². The Kier molecular flexibility index (Phi) is 10.2. The van der Waals surface area contributed by atoms with Crippen molar-refractivity contribution in [2.75, 3.05) is 39.1 Å². The highest BCUT2D eigenvalue weighted by atomic mass is 16.5. The predicted molar refractivity (Wildman–Crippen MR) is 124 cm³/mol. The molecule has 0 spiro atoms. The summed E-state index contributed by atoms with van der Waals surface area (Å²) in [5, 5.41) is 5.73. The molecule has 0 saturated heterocycles. The summed E-state index contributed by atoms with van der Waals surface area (Å²) in [6.07, 6.45) is 3.99. The number of nitrogens with one attached hydrogen (secondary N) is 2. The molecule has 174 valence electrons. The van der Waals surface area contributed by atoms with Gasteiger partial charge in [0, 0.05) is 12.8 Å². The van der Waals surface area contributed by atoms with Crippen LogP contribution in [0.5, 0.6) is 23.0 Å². The van der Waals surface area contributed by atoms with Crippen molar-refractivity contribution in [1.29, 1.82) is 0 Å². The van der Waals surface area contributed by atoms with Crippen LogP contribution >= 0.6 is 0 Å². The maximum atomic E-state index is 12.2. The highest BCUT2D eigenvalue weighted by Crippen LogP contribution is 2.35. The molecule has 2 amide bonds. The second kappa shape index (κ2) is 13.1. The summed E-state index contributed by atoms with van der Waals surface area (Å²) < 4.78 is 21.1. The summed E-state index contributed by atoms with van der Waals surface area (Å²) in [5.74, 6) is 1.97. The highest BCUT2D eigenvalue weighted by molar-refractivity contribution is 5.93. The van der Waals surface area contributed by atoms with Crippen molar-refractivity contribution >= 4 is 23.2 Å². The zero-order valence-corrected chi connectivity index (χ0v) is 19.2. The predicted octanol–water partition coefficient (Wildman–Crippen LogP) is 4.64. The quantitative estimate of drug-likeness (QED) is 0.437. The van der Waals surface area contributed by atoms with Crippen LogP contribution in [0, 0.1) is 0 Å². The normalized spacial score (nSPS) is 10.2. The van der Waals surface area contributed by atoms with E-state index in [0.29, 0.717) is 47.2 Å². The Bertz CT molecular complexity index is 827. The maximum Gasteiger partial charge on any atom is 0.224 e. The van der Waals surface area contributed by atoms with Crippen LogP contribution < -0.4 is 29.6 Å². The number of unbranched alkanes of at least 4 members (excludes halogenated alkanes) is 3. The summed E-state index contributed by atoms with van der Waals surface area (Å²) in [5.41, 5.74) is 1.17. The van der Waals surface area contributed by atoms with Gasteiger partial charge in [-0.25, -0.2) is 0 Å². The van der Waals surface area contributed by atoms with Gasteiger partial charge in [-0.1, -0.05) is 25.0 Å². The van der Waals surface area contributed by atoms with E-state index in [4.69, 9.17) is 18.9 Å². The van der Waals surface area contributed by atoms with Crippen LogP contribution in [0.3, 0.4) is 0 Å². The Labute approximate surface area is 189 Å². The molecule has 2 rings (SSSR count). The number of rotatable bonds is 13. The first kappa shape index (κ1) is 24.8. The van der Waals surface area contributed by atoms with Crippen LogP contribution in [0.1, 0.15) is 38.5 Å². The summed E-state index contributed by atoms with van der Waals surface area (Å²) in [6, 6.07) is 10.7. The number of ether oxygens (including phenoxy) is 4. The van der Waals surface area contributed by atoms with Gasteiger partial charge >= 0.3 is 0 Å². The van der Waals surface area contributed by atoms with E-state index < -0.39 is 0 Å². The minimum atomic E-state index is -0.0839. The van der Waals surface area contributed by atoms with Gasteiger partial charge in [-0.15, -0.1) is 0 Å². The smallest absolute Gasteiger partial charge is 0.224 e. The minimum Gasteiger partial charge on any atom is -0.493 e. The molecule has 2 aromatic rings. The van der Waals surface area contributed by atoms with Crippen LogP contribution in [0.4, 0.5) is 11.4 Å². The lowest BCUT2D eigenvalue weighted by Gasteiger charge is -2.13. The van der Waals surface area contributed by atoms with Gasteiger partial charge in [0.25, 0.3) is 0 Å². The lowest BCUT2D eigenvalue weighted by Crippen LogP contribution is -2.13. The van der Waals surface area contributed by atoms with E-state index in [9.17, 15) is 9.59 Å². The molecule has 8 heteroatoms. The Balaban J connectivity index is 1.68. The fourth-order valence-corrected chi connectivity index (χ4v) is 3.32. The molecule has 32 heavy (non-hydrogen) atoms. The van der Waals surface area contributed by atoms with Crippen molar-refractivity contribution in [3.63, 3.8) is 0 Å². The summed E-state index contributed by atoms with van der Waals surface area (Å²) >= 11 is 0. The number of para-hydroxylation sites is 2. The van der Waals surface area contributed by atoms with Gasteiger partial charge in [0.15, 0.2) is 23.0 Å². The van der Waals surface area contributed by atoms with Crippen molar-refractivity contribution in [2.45, 2.75) is 38.5 Å². The molecule has 0 bridgehead atoms. The standard InChI is InChI=1S/C24H32N2O6/c1-29-19-13-9-11-17(23(19)31-3)25-21(27)15-7-5-6-8-16-22(28)26-18-12-10-14-20(30-2)24(18)32-4/h9-14H,5-8,15-16H2,1-4H3,(H,25,27)(H,26,28). The SMILES string of the molecule is COc1cccc(NC(=O)CCCCCCC(=O)Nc2cccc(OC)c2OC)c1OC. The Morgan fingerprint density at radius 1 is 0.625 bits per heavy atom. The summed E-state index contributed by atoms with van der Waals surface area (Å²) in [7, 11) is 6.18. The lowest BCUT2D eigenvalue weighted by atomic mass is 10.1. The fraction of sp³-hybridized carbons (Fsp3) is 0.417. The second-order valence-electron chi connectivity index (χ2n) is 7.09. The molecule has 0 aliphatic carbocycles. The fourth-order valence-electron chi connectivity index (χ4n) is 3.32. The van der Waals surface area contributed by atoms with Gasteiger partial charge in [0.2, 0.25) is 11.8 Å². The average molecular weight is 445 g/mol. The largest absolute Gasteiger partial charge is 0.493 e. The molecule has 0 aliphatic heterocycles. The van der Waals surface area contributed by atoms with E-state index in [1.165, 1.54) is 14.2 Å². The molecule has 8 nitrogen and oxygen atoms in total. The van der Waals surface area contributed by atoms with Crippen LogP contribution in [-0.4, -0.2) is 40.3 Å². The van der Waals surface area contributed by atoms with E-state index >= 15 is 0 Å². The van der Waals surface area contributed by atoms with Gasteiger partial charge in [-0.05, 0) is 37.1 Å². The molecule has 0 atom stereocenters. The Morgan fingerprint density at radius 3 is 1.38 bits per heavy atom. The van der Waals surface area contributed by atoms with Crippen LogP contribution in [0.15, 0.2) is 36.4 Å². The van der Waals surface area contributed by atoms with Crippen LogP contribution in [0.25, 0.3) is 0 Å². The van der Waals surface area contributed by atoms with Crippen molar-refractivity contribution in [2.24, 2.45) is 0 Å². The molecule has 0 radical (unpaired) electrons. The molecule has 0 aromatic heterocycles. The molecule has 2 N–H and O–H groups in total. The average Bonchev–Trinajstić information content (AvgIpc) is 2.80. The third-order valence-electron chi connectivity index (χ3n) is 4.91. The minimum absolute atomic E-state index is 0.0839. The molecule has 0 saturated carbocycles. The topological polar surface area (TPSA) is 95.1 Å². The van der Waals surface area contributed by atoms with Gasteiger partial charge in [-0.3, -0.25) is 9.59 Å². The third-order valence-corrected chi connectivity index (χ3v) is 4.91. The van der Waals surface area contributed by atoms with Crippen LogP contribution in [0.2, 0.25) is 0 Å². The van der Waals surface area contributed by atoms with Gasteiger partial charge in [0.05, 0.1) is 39.8 Å². The van der Waals surface area contributed by atoms with Gasteiger partial charge < -0.3 is 29.6 Å². The van der Waals surface area contributed by atoms with Crippen molar-refractivity contribution in [3.05, 3.63) is 36.4 Å². The van der Waals surface area contributed by atoms with E-state index in [0.717, 1.165) is 25.7 Å². The zero-order valence-electron chi connectivity index (χ0n) is 19.2. The number of carbonyl (C=O) groups is 2. The van der Waals surface area contributed by atoms with E-state index in [1.807, 2.05) is 0 Å². The summed E-state index contributed by atoms with van der Waals surface area (Å²) in [6.45, 7) is 0. The first-order valence-electron chi connectivity index (χ1n) is 10.6. The maximum absolute atomic E-state index is 12.2. The van der Waals surface area contributed by atoms with E-state index in [2.05, 4.69) is 10.6 Å². The number of carbonyl (C=O) groups excluding carboxylic acids is 2. The summed E-state index contributed by atoms with van der Waals surface area (Å²) in [4.78, 5) is 24.5. The first-order chi connectivity index (χ1) is 15.5. The first-order valence-corrected chi connectivity index (χ1v) is 10.6. The van der Waals surface area contributed by atoms with E-state index in [1.54, 1.807) is 50.6 Å². The van der Waals surface area contributed by atoms with Gasteiger partial charge in [0.1, 0.15) is 0 Å². The molecular formula is C24H32N2O6. The number of benzene rings is 2. The van der Waals surface area contributed by atoms with E-state index in [-0.39, 0.29) is 11.8 Å². The van der Waals surface area contributed by atoms with Crippen molar-refractivity contribution in [3.8, 4) is 23.0 Å². The number of anilines is 2. The number of hydrogen-bond donors (Lipinski definition) is 2. The highest BCUT2D eigenvalue weighted by Gasteiger charge is 2.13. The van der Waals surface area contributed by atoms with Crippen molar-refractivity contribution in [1.82, 2.24) is 0 Å². The molecule has 0 aliphatic rings. The third kappa shape index (κ3) is 7.08. The Hall–Kier alpha value is -3.42. The number of hydrogen-bond acceptors (Lipinski definition) is 6. The number of methoxy groups -OCH3 is 4. The second-order valence-corrected chi connectivity index (χ2v) is 7.09. The zero-order chi connectivity index (χ0) is 23.3. The molecular weight excluding hydrogens is 412 g/mol. The molecule has 0 unspecified atom stereocenters. The molecule has 0 heterocycles. The Morgan fingerprint density at radius 2 is 1.03 bits per heavy atom. The van der Waals surface area contributed by atoms with Gasteiger partial charge in [-0.2, -0.15) is 0 Å². The van der Waals surface area contributed by atoms with Crippen LogP contribution in [-0.2, 0) is 9.59 Å².